The van der Waals surface area contributed by atoms with Crippen LogP contribution in [-0.2, 0) is 19.2 Å². The van der Waals surface area contributed by atoms with Crippen LogP contribution in [0, 0.1) is 11.8 Å². The number of aliphatic carboxylic acids is 1. The molecule has 9 N–H and O–H groups in total. The summed E-state index contributed by atoms with van der Waals surface area (Å²) in [5.74, 6) is -3.09. The minimum absolute atomic E-state index is 0. The zero-order valence-corrected chi connectivity index (χ0v) is 13.9. The number of hydrogen-bond donors (Lipinski definition) is 4. The minimum atomic E-state index is -1.00. The quantitative estimate of drug-likeness (QED) is 0.189. The molecule has 0 aromatic carbocycles. The molecule has 2 aliphatic carbocycles. The molecule has 2 aliphatic rings. The normalized spacial score (nSPS) is 22.8. The summed E-state index contributed by atoms with van der Waals surface area (Å²) in [4.78, 5) is 47.2. The summed E-state index contributed by atoms with van der Waals surface area (Å²) >= 11 is 0. The van der Waals surface area contributed by atoms with Crippen molar-refractivity contribution in [1.82, 2.24) is 0 Å². The molecule has 10 heteroatoms. The molecule has 0 radical (unpaired) electrons. The van der Waals surface area contributed by atoms with Crippen LogP contribution in [0.2, 0.25) is 0 Å². The van der Waals surface area contributed by atoms with Gasteiger partial charge in [0.1, 0.15) is 6.04 Å². The summed E-state index contributed by atoms with van der Waals surface area (Å²) in [5, 5.41) is 8.38. The van der Waals surface area contributed by atoms with E-state index in [0.29, 0.717) is 19.4 Å². The maximum atomic E-state index is 11.2. The predicted octanol–water partition coefficient (Wildman–Crippen LogP) is -1.86. The number of aliphatic imine (C=N–C) groups is 1. The number of carbonyl (C=O) groups is 4. The molecule has 0 saturated heterocycles. The van der Waals surface area contributed by atoms with Crippen LogP contribution in [-0.4, -0.2) is 52.4 Å². The fraction of sp³-hybridized carbons (Fsp3) is 0.667. The van der Waals surface area contributed by atoms with Crippen LogP contribution in [0.15, 0.2) is 4.99 Å². The van der Waals surface area contributed by atoms with Gasteiger partial charge in [-0.25, -0.2) is 0 Å². The van der Waals surface area contributed by atoms with Gasteiger partial charge < -0.3 is 27.8 Å². The molecule has 10 nitrogen and oxygen atoms in total. The first-order valence-electron chi connectivity index (χ1n) is 7.91. The highest BCUT2D eigenvalue weighted by atomic mass is 16.4. The Morgan fingerprint density at radius 1 is 1.12 bits per heavy atom. The standard InChI is InChI=1S/C9H10O3.C6H14N4O2.H2O/c10-7-5-3-1-2-4-6(5)8(11)9(7)12;7-4(5(11)12)2-1-3-10-6(8)9;/h5-6H,1-4H2;4H,1-3,7H2,(H,11,12)(H4,8,9,10);1H2. The maximum Gasteiger partial charge on any atom is 0.320 e. The van der Waals surface area contributed by atoms with Crippen molar-refractivity contribution in [3.05, 3.63) is 0 Å². The highest BCUT2D eigenvalue weighted by Gasteiger charge is 2.48. The van der Waals surface area contributed by atoms with Gasteiger partial charge in [0.2, 0.25) is 11.6 Å². The number of fused-ring (bicyclic) bond motifs is 1. The molecule has 2 fully saturated rings. The summed E-state index contributed by atoms with van der Waals surface area (Å²) in [5.41, 5.74) is 15.3. The van der Waals surface area contributed by atoms with Gasteiger partial charge in [0.15, 0.2) is 5.96 Å². The zero-order valence-electron chi connectivity index (χ0n) is 13.9. The number of carboxylic acids is 1. The van der Waals surface area contributed by atoms with Crippen LogP contribution < -0.4 is 17.2 Å². The summed E-state index contributed by atoms with van der Waals surface area (Å²) in [6.45, 7) is 0.420. The molecule has 0 heterocycles. The van der Waals surface area contributed by atoms with Gasteiger partial charge in [0.05, 0.1) is 0 Å². The third-order valence-corrected chi connectivity index (χ3v) is 4.17. The van der Waals surface area contributed by atoms with Crippen LogP contribution >= 0.6 is 0 Å². The van der Waals surface area contributed by atoms with Gasteiger partial charge >= 0.3 is 5.97 Å². The van der Waals surface area contributed by atoms with Crippen LogP contribution in [0.3, 0.4) is 0 Å². The highest BCUT2D eigenvalue weighted by Crippen LogP contribution is 2.36. The van der Waals surface area contributed by atoms with Gasteiger partial charge in [-0.15, -0.1) is 0 Å². The van der Waals surface area contributed by atoms with Crippen LogP contribution in [0.1, 0.15) is 38.5 Å². The summed E-state index contributed by atoms with van der Waals surface area (Å²) < 4.78 is 0. The van der Waals surface area contributed by atoms with Crippen molar-refractivity contribution >= 4 is 29.3 Å². The number of carbonyl (C=O) groups excluding carboxylic acids is 3. The molecular weight excluding hydrogens is 332 g/mol. The Bertz CT molecular complexity index is 518. The molecule has 2 saturated carbocycles. The third-order valence-electron chi connectivity index (χ3n) is 4.17. The second kappa shape index (κ2) is 10.5. The molecule has 3 unspecified atom stereocenters. The van der Waals surface area contributed by atoms with E-state index in [2.05, 4.69) is 4.99 Å². The first-order chi connectivity index (χ1) is 11.3. The van der Waals surface area contributed by atoms with Gasteiger partial charge in [0, 0.05) is 18.4 Å². The van der Waals surface area contributed by atoms with Crippen molar-refractivity contribution in [2.75, 3.05) is 6.54 Å². The number of carboxylic acid groups (broad SMARTS) is 1. The Hall–Kier alpha value is -2.33. The number of guanidine groups is 1. The van der Waals surface area contributed by atoms with Crippen molar-refractivity contribution in [1.29, 1.82) is 0 Å². The molecule has 142 valence electrons. The van der Waals surface area contributed by atoms with E-state index >= 15 is 0 Å². The number of nitrogens with two attached hydrogens (primary N) is 3. The smallest absolute Gasteiger partial charge is 0.320 e. The number of ketones is 3. The lowest BCUT2D eigenvalue weighted by Gasteiger charge is -2.20. The van der Waals surface area contributed by atoms with E-state index in [4.69, 9.17) is 22.3 Å². The van der Waals surface area contributed by atoms with Crippen molar-refractivity contribution in [2.24, 2.45) is 34.0 Å². The van der Waals surface area contributed by atoms with E-state index in [-0.39, 0.29) is 23.3 Å². The maximum absolute atomic E-state index is 11.2. The Morgan fingerprint density at radius 2 is 1.60 bits per heavy atom. The molecule has 3 atom stereocenters. The second-order valence-electron chi connectivity index (χ2n) is 5.95. The van der Waals surface area contributed by atoms with Crippen LogP contribution in [0.25, 0.3) is 0 Å². The van der Waals surface area contributed by atoms with Crippen molar-refractivity contribution in [3.63, 3.8) is 0 Å². The van der Waals surface area contributed by atoms with Crippen LogP contribution in [0.4, 0.5) is 0 Å². The van der Waals surface area contributed by atoms with Gasteiger partial charge in [-0.1, -0.05) is 12.8 Å². The molecule has 25 heavy (non-hydrogen) atoms. The molecule has 2 rings (SSSR count). The molecule has 0 spiro atoms. The minimum Gasteiger partial charge on any atom is -0.480 e. The van der Waals surface area contributed by atoms with E-state index in [0.717, 1.165) is 25.7 Å². The van der Waals surface area contributed by atoms with E-state index in [1.165, 1.54) is 0 Å². The highest BCUT2D eigenvalue weighted by molar-refractivity contribution is 6.68. The largest absolute Gasteiger partial charge is 0.480 e. The van der Waals surface area contributed by atoms with E-state index in [1.807, 2.05) is 0 Å². The average Bonchev–Trinajstić information content (AvgIpc) is 2.77. The van der Waals surface area contributed by atoms with E-state index < -0.39 is 29.4 Å². The number of nitrogens with zero attached hydrogens (tertiary/aromatic N) is 1. The Morgan fingerprint density at radius 3 is 2.00 bits per heavy atom. The van der Waals surface area contributed by atoms with E-state index in [1.54, 1.807) is 0 Å². The summed E-state index contributed by atoms with van der Waals surface area (Å²) in [7, 11) is 0. The van der Waals surface area contributed by atoms with E-state index in [9.17, 15) is 19.2 Å². The monoisotopic (exact) mass is 358 g/mol. The fourth-order valence-electron chi connectivity index (χ4n) is 2.86. The SMILES string of the molecule is NC(N)=NCCCC(N)C(=O)O.O.O=C1C(=O)C2CCCCC2C1=O. The van der Waals surface area contributed by atoms with Gasteiger partial charge in [-0.2, -0.15) is 0 Å². The van der Waals surface area contributed by atoms with Crippen molar-refractivity contribution < 1.29 is 29.8 Å². The lowest BCUT2D eigenvalue weighted by atomic mass is 9.81. The molecule has 0 aliphatic heterocycles. The van der Waals surface area contributed by atoms with Crippen molar-refractivity contribution in [3.8, 4) is 0 Å². The fourth-order valence-corrected chi connectivity index (χ4v) is 2.86. The number of hydrogen-bond acceptors (Lipinski definition) is 6. The number of Topliss-reactive ketones (excluding diaryl/α,β-unsaturated/α-hetero) is 3. The Kier molecular flexibility index (Phi) is 9.54. The predicted molar refractivity (Wildman–Crippen MR) is 89.6 cm³/mol. The Balaban J connectivity index is 0.000000443. The average molecular weight is 358 g/mol. The molecule has 0 aromatic heterocycles. The molecule has 0 aromatic rings. The second-order valence-corrected chi connectivity index (χ2v) is 5.95. The Labute approximate surface area is 145 Å². The zero-order chi connectivity index (χ0) is 18.3. The van der Waals surface area contributed by atoms with Gasteiger partial charge in [-0.3, -0.25) is 24.2 Å². The van der Waals surface area contributed by atoms with Crippen LogP contribution in [0.5, 0.6) is 0 Å². The first-order valence-corrected chi connectivity index (χ1v) is 7.91. The summed E-state index contributed by atoms with van der Waals surface area (Å²) in [6.07, 6.45) is 4.39. The van der Waals surface area contributed by atoms with Gasteiger partial charge in [-0.05, 0) is 25.7 Å². The lowest BCUT2D eigenvalue weighted by Crippen LogP contribution is -2.30. The van der Waals surface area contributed by atoms with Crippen molar-refractivity contribution in [2.45, 2.75) is 44.6 Å². The first kappa shape index (κ1) is 22.7. The topological polar surface area (TPSA) is 210 Å². The lowest BCUT2D eigenvalue weighted by molar-refractivity contribution is -0.141. The third kappa shape index (κ3) is 6.59. The summed E-state index contributed by atoms with van der Waals surface area (Å²) in [6, 6.07) is -0.820. The molecule has 0 bridgehead atoms. The molecular formula is C15H26N4O6. The number of rotatable bonds is 5. The van der Waals surface area contributed by atoms with Gasteiger partial charge in [0.25, 0.3) is 5.78 Å². The molecule has 0 amide bonds.